The van der Waals surface area contributed by atoms with Crippen molar-refractivity contribution in [3.8, 4) is 0 Å². The van der Waals surface area contributed by atoms with Gasteiger partial charge in [0, 0.05) is 19.6 Å². The second kappa shape index (κ2) is 7.99. The smallest absolute Gasteiger partial charge is 0.239 e. The summed E-state index contributed by atoms with van der Waals surface area (Å²) in [7, 11) is 4.02. The van der Waals surface area contributed by atoms with Gasteiger partial charge in [-0.1, -0.05) is 0 Å². The minimum atomic E-state index is -0.365. The first-order chi connectivity index (χ1) is 8.54. The number of nitrogens with two attached hydrogens (primary N) is 1. The monoisotopic (exact) mass is 275 g/mol. The number of hydrogen-bond donors (Lipinski definition) is 1. The second-order valence-electron chi connectivity index (χ2n) is 4.93. The molecule has 2 N–H and O–H groups in total. The maximum absolute atomic E-state index is 12.2. The molecule has 2 atom stereocenters. The quantitative estimate of drug-likeness (QED) is 0.731. The number of amides is 1. The van der Waals surface area contributed by atoms with E-state index in [9.17, 15) is 4.79 Å². The summed E-state index contributed by atoms with van der Waals surface area (Å²) in [5.74, 6) is 0.995. The van der Waals surface area contributed by atoms with Crippen LogP contribution >= 0.6 is 11.8 Å². The Morgan fingerprint density at radius 1 is 1.61 bits per heavy atom. The van der Waals surface area contributed by atoms with Gasteiger partial charge in [-0.05, 0) is 32.5 Å². The van der Waals surface area contributed by atoms with Crippen molar-refractivity contribution >= 4 is 17.7 Å². The van der Waals surface area contributed by atoms with Crippen LogP contribution in [0, 0.1) is 0 Å². The van der Waals surface area contributed by atoms with Crippen LogP contribution in [0.4, 0.5) is 0 Å². The Balaban J connectivity index is 2.42. The van der Waals surface area contributed by atoms with E-state index in [2.05, 4.69) is 4.90 Å². The van der Waals surface area contributed by atoms with E-state index in [0.717, 1.165) is 18.7 Å². The van der Waals surface area contributed by atoms with Gasteiger partial charge < -0.3 is 20.3 Å². The summed E-state index contributed by atoms with van der Waals surface area (Å²) < 4.78 is 5.65. The highest BCUT2D eigenvalue weighted by Gasteiger charge is 2.27. The Morgan fingerprint density at radius 3 is 2.94 bits per heavy atom. The SMILES string of the molecule is CSCCC(N)C(=O)N1CCOC(CN(C)C)C1. The Hall–Kier alpha value is -0.300. The number of hydrogen-bond acceptors (Lipinski definition) is 5. The van der Waals surface area contributed by atoms with E-state index in [1.165, 1.54) is 0 Å². The third-order valence-electron chi connectivity index (χ3n) is 2.97. The minimum absolute atomic E-state index is 0.0658. The summed E-state index contributed by atoms with van der Waals surface area (Å²) in [6.07, 6.45) is 2.87. The van der Waals surface area contributed by atoms with Crippen molar-refractivity contribution in [2.45, 2.75) is 18.6 Å². The first kappa shape index (κ1) is 15.8. The molecule has 0 aromatic heterocycles. The zero-order valence-corrected chi connectivity index (χ0v) is 12.4. The first-order valence-electron chi connectivity index (χ1n) is 6.34. The van der Waals surface area contributed by atoms with Crippen LogP contribution in [0.15, 0.2) is 0 Å². The molecule has 0 saturated carbocycles. The zero-order valence-electron chi connectivity index (χ0n) is 11.6. The molecule has 18 heavy (non-hydrogen) atoms. The summed E-state index contributed by atoms with van der Waals surface area (Å²) in [5, 5.41) is 0. The van der Waals surface area contributed by atoms with Crippen molar-refractivity contribution in [2.24, 2.45) is 5.73 Å². The highest BCUT2D eigenvalue weighted by molar-refractivity contribution is 7.98. The van der Waals surface area contributed by atoms with Gasteiger partial charge in [-0.3, -0.25) is 4.79 Å². The molecule has 6 heteroatoms. The van der Waals surface area contributed by atoms with Gasteiger partial charge in [-0.15, -0.1) is 0 Å². The number of carbonyl (C=O) groups is 1. The number of likely N-dealkylation sites (N-methyl/N-ethyl adjacent to an activating group) is 1. The molecule has 2 unspecified atom stereocenters. The Kier molecular flexibility index (Phi) is 6.99. The molecular formula is C12H25N3O2S. The highest BCUT2D eigenvalue weighted by atomic mass is 32.2. The van der Waals surface area contributed by atoms with Crippen LogP contribution in [-0.4, -0.2) is 80.2 Å². The summed E-state index contributed by atoms with van der Waals surface area (Å²) in [4.78, 5) is 16.1. The average Bonchev–Trinajstić information content (AvgIpc) is 2.34. The van der Waals surface area contributed by atoms with Crippen molar-refractivity contribution in [2.75, 3.05) is 52.3 Å². The van der Waals surface area contributed by atoms with Crippen LogP contribution in [0.2, 0.25) is 0 Å². The number of thioether (sulfide) groups is 1. The number of rotatable bonds is 6. The lowest BCUT2D eigenvalue weighted by Gasteiger charge is -2.35. The molecule has 0 radical (unpaired) electrons. The zero-order chi connectivity index (χ0) is 13.5. The standard InChI is InChI=1S/C12H25N3O2S/c1-14(2)8-10-9-15(5-6-17-10)12(16)11(13)4-7-18-3/h10-11H,4-9,13H2,1-3H3. The van der Waals surface area contributed by atoms with E-state index >= 15 is 0 Å². The highest BCUT2D eigenvalue weighted by Crippen LogP contribution is 2.09. The van der Waals surface area contributed by atoms with Gasteiger partial charge in [0.15, 0.2) is 0 Å². The van der Waals surface area contributed by atoms with E-state index in [1.807, 2.05) is 25.3 Å². The third kappa shape index (κ3) is 5.14. The van der Waals surface area contributed by atoms with E-state index in [4.69, 9.17) is 10.5 Å². The van der Waals surface area contributed by atoms with Gasteiger partial charge >= 0.3 is 0 Å². The molecule has 0 spiro atoms. The van der Waals surface area contributed by atoms with E-state index < -0.39 is 0 Å². The Bertz CT molecular complexity index is 264. The summed E-state index contributed by atoms with van der Waals surface area (Å²) in [6.45, 7) is 2.77. The van der Waals surface area contributed by atoms with Crippen molar-refractivity contribution < 1.29 is 9.53 Å². The van der Waals surface area contributed by atoms with Gasteiger partial charge in [0.2, 0.25) is 5.91 Å². The molecule has 0 bridgehead atoms. The second-order valence-corrected chi connectivity index (χ2v) is 5.91. The van der Waals surface area contributed by atoms with Crippen molar-refractivity contribution in [1.82, 2.24) is 9.80 Å². The van der Waals surface area contributed by atoms with Crippen LogP contribution in [0.5, 0.6) is 0 Å². The molecule has 0 aromatic carbocycles. The minimum Gasteiger partial charge on any atom is -0.373 e. The molecule has 1 fully saturated rings. The predicted molar refractivity (Wildman–Crippen MR) is 75.8 cm³/mol. The molecule has 106 valence electrons. The molecule has 0 aromatic rings. The van der Waals surface area contributed by atoms with Crippen molar-refractivity contribution in [1.29, 1.82) is 0 Å². The molecule has 1 amide bonds. The normalized spacial score (nSPS) is 22.3. The topological polar surface area (TPSA) is 58.8 Å². The fourth-order valence-electron chi connectivity index (χ4n) is 2.04. The van der Waals surface area contributed by atoms with Gasteiger partial charge in [-0.2, -0.15) is 11.8 Å². The summed E-state index contributed by atoms with van der Waals surface area (Å²) in [6, 6.07) is -0.365. The van der Waals surface area contributed by atoms with Crippen LogP contribution in [0.25, 0.3) is 0 Å². The molecule has 0 aliphatic carbocycles. The average molecular weight is 275 g/mol. The van der Waals surface area contributed by atoms with Crippen molar-refractivity contribution in [3.05, 3.63) is 0 Å². The lowest BCUT2D eigenvalue weighted by atomic mass is 10.2. The van der Waals surface area contributed by atoms with Gasteiger partial charge in [0.1, 0.15) is 0 Å². The van der Waals surface area contributed by atoms with Gasteiger partial charge in [-0.25, -0.2) is 0 Å². The Morgan fingerprint density at radius 2 is 2.33 bits per heavy atom. The van der Waals surface area contributed by atoms with E-state index in [-0.39, 0.29) is 18.1 Å². The summed E-state index contributed by atoms with van der Waals surface area (Å²) in [5.41, 5.74) is 5.93. The van der Waals surface area contributed by atoms with Gasteiger partial charge in [0.25, 0.3) is 0 Å². The summed E-state index contributed by atoms with van der Waals surface area (Å²) >= 11 is 1.72. The molecule has 1 saturated heterocycles. The first-order valence-corrected chi connectivity index (χ1v) is 7.73. The molecule has 1 heterocycles. The van der Waals surface area contributed by atoms with Crippen LogP contribution < -0.4 is 5.73 Å². The molecule has 1 aliphatic heterocycles. The predicted octanol–water partition coefficient (Wildman–Crippen LogP) is -0.144. The molecule has 1 rings (SSSR count). The molecule has 1 aliphatic rings. The number of morpholine rings is 1. The van der Waals surface area contributed by atoms with Gasteiger partial charge in [0.05, 0.1) is 18.8 Å². The lowest BCUT2D eigenvalue weighted by molar-refractivity contribution is -0.140. The maximum Gasteiger partial charge on any atom is 0.239 e. The van der Waals surface area contributed by atoms with E-state index in [1.54, 1.807) is 11.8 Å². The van der Waals surface area contributed by atoms with Crippen LogP contribution in [0.3, 0.4) is 0 Å². The van der Waals surface area contributed by atoms with Crippen LogP contribution in [0.1, 0.15) is 6.42 Å². The van der Waals surface area contributed by atoms with E-state index in [0.29, 0.717) is 19.7 Å². The van der Waals surface area contributed by atoms with Crippen LogP contribution in [-0.2, 0) is 9.53 Å². The Labute approximate surface area is 114 Å². The fraction of sp³-hybridized carbons (Fsp3) is 0.917. The lowest BCUT2D eigenvalue weighted by Crippen LogP contribution is -2.53. The number of carbonyl (C=O) groups excluding carboxylic acids is 1. The molecular weight excluding hydrogens is 250 g/mol. The largest absolute Gasteiger partial charge is 0.373 e. The number of nitrogens with zero attached hydrogens (tertiary/aromatic N) is 2. The third-order valence-corrected chi connectivity index (χ3v) is 3.61. The fourth-order valence-corrected chi connectivity index (χ4v) is 2.53. The number of ether oxygens (including phenoxy) is 1. The molecule has 5 nitrogen and oxygen atoms in total. The maximum atomic E-state index is 12.2. The van der Waals surface area contributed by atoms with Crippen molar-refractivity contribution in [3.63, 3.8) is 0 Å².